The quantitative estimate of drug-likeness (QED) is 0.772. The van der Waals surface area contributed by atoms with Crippen molar-refractivity contribution in [1.29, 1.82) is 0 Å². The third kappa shape index (κ3) is 3.27. The molecule has 0 heterocycles. The Kier molecular flexibility index (Phi) is 4.68. The highest BCUT2D eigenvalue weighted by Gasteiger charge is 2.14. The predicted molar refractivity (Wildman–Crippen MR) is 86.6 cm³/mol. The molecule has 0 unspecified atom stereocenters. The van der Waals surface area contributed by atoms with E-state index in [-0.39, 0.29) is 5.78 Å². The number of carbonyl (C=O) groups excluding carboxylic acids is 1. The van der Waals surface area contributed by atoms with Gasteiger partial charge in [-0.3, -0.25) is 4.79 Å². The lowest BCUT2D eigenvalue weighted by atomic mass is 9.99. The highest BCUT2D eigenvalue weighted by Crippen LogP contribution is 2.27. The summed E-state index contributed by atoms with van der Waals surface area (Å²) in [5.74, 6) is 1.15. The van der Waals surface area contributed by atoms with Crippen molar-refractivity contribution in [3.63, 3.8) is 0 Å². The molecule has 0 radical (unpaired) electrons. The first-order valence-electron chi connectivity index (χ1n) is 6.50. The normalized spacial score (nSPS) is 10.3. The van der Waals surface area contributed by atoms with Gasteiger partial charge in [0, 0.05) is 21.7 Å². The van der Waals surface area contributed by atoms with Gasteiger partial charge in [-0.1, -0.05) is 15.9 Å². The second-order valence-electron chi connectivity index (χ2n) is 4.85. The number of ketones is 1. The molecule has 0 N–H and O–H groups in total. The second kappa shape index (κ2) is 6.31. The lowest BCUT2D eigenvalue weighted by molar-refractivity contribution is 0.103. The number of halogens is 1. The molecule has 3 nitrogen and oxygen atoms in total. The van der Waals surface area contributed by atoms with Crippen LogP contribution in [0.2, 0.25) is 0 Å². The van der Waals surface area contributed by atoms with E-state index in [1.165, 1.54) is 0 Å². The lowest BCUT2D eigenvalue weighted by Gasteiger charge is -2.10. The van der Waals surface area contributed by atoms with Crippen LogP contribution >= 0.6 is 15.9 Å². The zero-order valence-electron chi connectivity index (χ0n) is 12.5. The van der Waals surface area contributed by atoms with Crippen molar-refractivity contribution in [3.05, 3.63) is 57.1 Å². The molecule has 0 aliphatic heterocycles. The minimum Gasteiger partial charge on any atom is -0.497 e. The van der Waals surface area contributed by atoms with Crippen LogP contribution in [-0.2, 0) is 0 Å². The van der Waals surface area contributed by atoms with Gasteiger partial charge in [0.2, 0.25) is 0 Å². The fraction of sp³-hybridized carbons (Fsp3) is 0.235. The van der Waals surface area contributed by atoms with Crippen LogP contribution in [0.25, 0.3) is 0 Å². The molecule has 2 aromatic rings. The molecule has 0 atom stereocenters. The summed E-state index contributed by atoms with van der Waals surface area (Å²) in [6.07, 6.45) is 0. The fourth-order valence-electron chi connectivity index (χ4n) is 2.18. The first-order chi connectivity index (χ1) is 9.96. The van der Waals surface area contributed by atoms with E-state index in [0.29, 0.717) is 22.6 Å². The third-order valence-corrected chi connectivity index (χ3v) is 4.56. The van der Waals surface area contributed by atoms with E-state index in [1.807, 2.05) is 26.0 Å². The van der Waals surface area contributed by atoms with Gasteiger partial charge >= 0.3 is 0 Å². The van der Waals surface area contributed by atoms with Crippen molar-refractivity contribution < 1.29 is 14.3 Å². The number of rotatable bonds is 4. The van der Waals surface area contributed by atoms with E-state index in [1.54, 1.807) is 32.4 Å². The summed E-state index contributed by atoms with van der Waals surface area (Å²) in [6.45, 7) is 3.94. The van der Waals surface area contributed by atoms with Crippen molar-refractivity contribution in [2.24, 2.45) is 0 Å². The van der Waals surface area contributed by atoms with E-state index in [2.05, 4.69) is 15.9 Å². The topological polar surface area (TPSA) is 35.5 Å². The van der Waals surface area contributed by atoms with Gasteiger partial charge in [-0.05, 0) is 49.2 Å². The maximum absolute atomic E-state index is 12.7. The van der Waals surface area contributed by atoms with Crippen molar-refractivity contribution in [2.45, 2.75) is 13.8 Å². The molecule has 0 aromatic heterocycles. The number of carbonyl (C=O) groups is 1. The molecule has 0 saturated heterocycles. The molecule has 0 saturated carbocycles. The van der Waals surface area contributed by atoms with E-state index < -0.39 is 0 Å². The summed E-state index contributed by atoms with van der Waals surface area (Å²) >= 11 is 3.51. The summed E-state index contributed by atoms with van der Waals surface area (Å²) in [6, 6.07) is 8.95. The van der Waals surface area contributed by atoms with Gasteiger partial charge in [-0.25, -0.2) is 0 Å². The van der Waals surface area contributed by atoms with Crippen molar-refractivity contribution in [1.82, 2.24) is 0 Å². The van der Waals surface area contributed by atoms with Crippen molar-refractivity contribution in [2.75, 3.05) is 14.2 Å². The van der Waals surface area contributed by atoms with E-state index in [0.717, 1.165) is 15.6 Å². The van der Waals surface area contributed by atoms with Gasteiger partial charge in [0.15, 0.2) is 5.78 Å². The Labute approximate surface area is 133 Å². The van der Waals surface area contributed by atoms with E-state index in [4.69, 9.17) is 9.47 Å². The predicted octanol–water partition coefficient (Wildman–Crippen LogP) is 4.31. The summed E-state index contributed by atoms with van der Waals surface area (Å²) in [5, 5.41) is 0. The van der Waals surface area contributed by atoms with Gasteiger partial charge in [-0.15, -0.1) is 0 Å². The Morgan fingerprint density at radius 2 is 1.29 bits per heavy atom. The Morgan fingerprint density at radius 3 is 1.71 bits per heavy atom. The molecule has 0 aliphatic rings. The zero-order valence-corrected chi connectivity index (χ0v) is 14.1. The fourth-order valence-corrected chi connectivity index (χ4v) is 2.41. The van der Waals surface area contributed by atoms with Crippen LogP contribution in [0.4, 0.5) is 0 Å². The monoisotopic (exact) mass is 348 g/mol. The van der Waals surface area contributed by atoms with Gasteiger partial charge < -0.3 is 9.47 Å². The van der Waals surface area contributed by atoms with Gasteiger partial charge in [0.1, 0.15) is 11.5 Å². The lowest BCUT2D eigenvalue weighted by Crippen LogP contribution is -2.04. The number of benzene rings is 2. The first-order valence-corrected chi connectivity index (χ1v) is 7.30. The Balaban J connectivity index is 2.49. The molecule has 4 heteroatoms. The average molecular weight is 349 g/mol. The standard InChI is InChI=1S/C17H17BrO3/c1-10-5-12(6-11(2)16(10)18)17(19)13-7-14(20-3)9-15(8-13)21-4/h5-9H,1-4H3. The average Bonchev–Trinajstić information content (AvgIpc) is 2.50. The van der Waals surface area contributed by atoms with Crippen LogP contribution in [0.3, 0.4) is 0 Å². The molecular formula is C17H17BrO3. The Morgan fingerprint density at radius 1 is 0.857 bits per heavy atom. The van der Waals surface area contributed by atoms with Crippen LogP contribution in [0.1, 0.15) is 27.0 Å². The number of hydrogen-bond donors (Lipinski definition) is 0. The molecule has 21 heavy (non-hydrogen) atoms. The molecule has 0 aliphatic carbocycles. The molecule has 0 fully saturated rings. The van der Waals surface area contributed by atoms with E-state index in [9.17, 15) is 4.79 Å². The Hall–Kier alpha value is -1.81. The molecule has 2 rings (SSSR count). The summed E-state index contributed by atoms with van der Waals surface area (Å²) in [5.41, 5.74) is 3.28. The van der Waals surface area contributed by atoms with Crippen LogP contribution in [0, 0.1) is 13.8 Å². The van der Waals surface area contributed by atoms with Gasteiger partial charge in [0.05, 0.1) is 14.2 Å². The molecular weight excluding hydrogens is 332 g/mol. The van der Waals surface area contributed by atoms with Crippen LogP contribution in [0.15, 0.2) is 34.8 Å². The van der Waals surface area contributed by atoms with Crippen LogP contribution in [-0.4, -0.2) is 20.0 Å². The summed E-state index contributed by atoms with van der Waals surface area (Å²) in [4.78, 5) is 12.7. The zero-order chi connectivity index (χ0) is 15.6. The third-order valence-electron chi connectivity index (χ3n) is 3.31. The molecule has 110 valence electrons. The number of ether oxygens (including phenoxy) is 2. The summed E-state index contributed by atoms with van der Waals surface area (Å²) < 4.78 is 11.5. The van der Waals surface area contributed by atoms with Crippen molar-refractivity contribution >= 4 is 21.7 Å². The second-order valence-corrected chi connectivity index (χ2v) is 5.65. The highest BCUT2D eigenvalue weighted by atomic mass is 79.9. The molecule has 0 spiro atoms. The van der Waals surface area contributed by atoms with E-state index >= 15 is 0 Å². The molecule has 0 bridgehead atoms. The maximum atomic E-state index is 12.7. The van der Waals surface area contributed by atoms with Crippen molar-refractivity contribution in [3.8, 4) is 11.5 Å². The largest absolute Gasteiger partial charge is 0.497 e. The summed E-state index contributed by atoms with van der Waals surface area (Å²) in [7, 11) is 3.13. The highest BCUT2D eigenvalue weighted by molar-refractivity contribution is 9.10. The first kappa shape index (κ1) is 15.6. The number of methoxy groups -OCH3 is 2. The number of hydrogen-bond acceptors (Lipinski definition) is 3. The molecule has 0 amide bonds. The number of aryl methyl sites for hydroxylation is 2. The van der Waals surface area contributed by atoms with Gasteiger partial charge in [-0.2, -0.15) is 0 Å². The van der Waals surface area contributed by atoms with Crippen LogP contribution in [0.5, 0.6) is 11.5 Å². The van der Waals surface area contributed by atoms with Gasteiger partial charge in [0.25, 0.3) is 0 Å². The maximum Gasteiger partial charge on any atom is 0.193 e. The smallest absolute Gasteiger partial charge is 0.193 e. The minimum atomic E-state index is -0.0501. The van der Waals surface area contributed by atoms with Crippen LogP contribution < -0.4 is 9.47 Å². The molecule has 2 aromatic carbocycles. The Bertz CT molecular complexity index is 647. The minimum absolute atomic E-state index is 0.0501. The SMILES string of the molecule is COc1cc(OC)cc(C(=O)c2cc(C)c(Br)c(C)c2)c1.